The normalized spacial score (nSPS) is 9.92. The van der Waals surface area contributed by atoms with Gasteiger partial charge in [-0.25, -0.2) is 0 Å². The predicted molar refractivity (Wildman–Crippen MR) is 44.4 cm³/mol. The lowest BCUT2D eigenvalue weighted by Gasteiger charge is -2.01. The van der Waals surface area contributed by atoms with Crippen molar-refractivity contribution in [2.24, 2.45) is 5.92 Å². The van der Waals surface area contributed by atoms with Gasteiger partial charge in [-0.3, -0.25) is 14.4 Å². The van der Waals surface area contributed by atoms with Crippen LogP contribution in [0.15, 0.2) is 0 Å². The molecule has 0 aliphatic heterocycles. The van der Waals surface area contributed by atoms with Gasteiger partial charge in [-0.15, -0.1) is 0 Å². The number of hydrogen-bond acceptors (Lipinski definition) is 3. The number of carbonyl (C=O) groups excluding carboxylic acids is 3. The maximum absolute atomic E-state index is 11.0. The molecule has 0 aliphatic carbocycles. The van der Waals surface area contributed by atoms with Crippen LogP contribution in [0.3, 0.4) is 0 Å². The Hall–Kier alpha value is -0.990. The Labute approximate surface area is 72.1 Å². The summed E-state index contributed by atoms with van der Waals surface area (Å²) in [6.07, 6.45) is 1.74. The fraction of sp³-hybridized carbons (Fsp3) is 0.667. The maximum atomic E-state index is 11.0. The molecule has 0 heterocycles. The molecule has 0 aromatic rings. The summed E-state index contributed by atoms with van der Waals surface area (Å²) in [7, 11) is 0. The largest absolute Gasteiger partial charge is 0.299 e. The van der Waals surface area contributed by atoms with Gasteiger partial charge in [-0.1, -0.05) is 13.8 Å². The third-order valence-corrected chi connectivity index (χ3v) is 1.56. The van der Waals surface area contributed by atoms with Gasteiger partial charge < -0.3 is 0 Å². The fourth-order valence-corrected chi connectivity index (χ4v) is 0.720. The van der Waals surface area contributed by atoms with Crippen LogP contribution in [-0.4, -0.2) is 17.9 Å². The second-order valence-corrected chi connectivity index (χ2v) is 2.98. The summed E-state index contributed by atoms with van der Waals surface area (Å²) in [5, 5.41) is 0. The molecule has 0 spiro atoms. The van der Waals surface area contributed by atoms with Gasteiger partial charge in [-0.05, 0) is 0 Å². The molecule has 12 heavy (non-hydrogen) atoms. The quantitative estimate of drug-likeness (QED) is 0.558. The molecule has 0 bridgehead atoms. The minimum absolute atomic E-state index is 0.0296. The Bertz CT molecular complexity index is 182. The molecule has 0 amide bonds. The fourth-order valence-electron chi connectivity index (χ4n) is 0.720. The monoisotopic (exact) mass is 169 g/mol. The van der Waals surface area contributed by atoms with Gasteiger partial charge in [0.25, 0.3) is 0 Å². The Morgan fingerprint density at radius 3 is 2.25 bits per heavy atom. The maximum Gasteiger partial charge on any atom is 0.206 e. The highest BCUT2D eigenvalue weighted by Gasteiger charge is 2.09. The average Bonchev–Trinajstić information content (AvgIpc) is 2.00. The van der Waals surface area contributed by atoms with Gasteiger partial charge >= 0.3 is 0 Å². The second-order valence-electron chi connectivity index (χ2n) is 2.98. The SMILES string of the molecule is CC(C)C(=O)CCC(=O)C[C]=O. The van der Waals surface area contributed by atoms with Crippen molar-refractivity contribution < 1.29 is 14.4 Å². The Morgan fingerprint density at radius 1 is 1.25 bits per heavy atom. The molecule has 0 unspecified atom stereocenters. The van der Waals surface area contributed by atoms with Crippen molar-refractivity contribution in [1.29, 1.82) is 0 Å². The van der Waals surface area contributed by atoms with Gasteiger partial charge in [0.05, 0.1) is 6.42 Å². The zero-order valence-corrected chi connectivity index (χ0v) is 7.42. The molecule has 0 aromatic carbocycles. The third kappa shape index (κ3) is 4.77. The first-order valence-electron chi connectivity index (χ1n) is 3.97. The molecule has 3 heteroatoms. The first-order valence-corrected chi connectivity index (χ1v) is 3.97. The molecule has 0 fully saturated rings. The number of hydrogen-bond donors (Lipinski definition) is 0. The molecule has 0 aliphatic rings. The highest BCUT2D eigenvalue weighted by molar-refractivity contribution is 5.92. The molecule has 3 nitrogen and oxygen atoms in total. The molecular weight excluding hydrogens is 156 g/mol. The van der Waals surface area contributed by atoms with Gasteiger partial charge in [0.1, 0.15) is 11.6 Å². The summed E-state index contributed by atoms with van der Waals surface area (Å²) in [4.78, 5) is 31.5. The smallest absolute Gasteiger partial charge is 0.206 e. The molecule has 0 rings (SSSR count). The summed E-state index contributed by atoms with van der Waals surface area (Å²) >= 11 is 0. The van der Waals surface area contributed by atoms with Gasteiger partial charge in [0.15, 0.2) is 0 Å². The van der Waals surface area contributed by atoms with Crippen LogP contribution in [-0.2, 0) is 14.4 Å². The van der Waals surface area contributed by atoms with Crippen molar-refractivity contribution in [3.05, 3.63) is 0 Å². The number of carbonyl (C=O) groups is 2. The van der Waals surface area contributed by atoms with E-state index >= 15 is 0 Å². The van der Waals surface area contributed by atoms with E-state index in [4.69, 9.17) is 0 Å². The zero-order chi connectivity index (χ0) is 9.56. The average molecular weight is 169 g/mol. The number of ketones is 2. The first kappa shape index (κ1) is 11.0. The Morgan fingerprint density at radius 2 is 1.83 bits per heavy atom. The van der Waals surface area contributed by atoms with Crippen molar-refractivity contribution in [2.45, 2.75) is 33.1 Å². The van der Waals surface area contributed by atoms with Crippen LogP contribution in [0.1, 0.15) is 33.1 Å². The lowest BCUT2D eigenvalue weighted by Crippen LogP contribution is -2.09. The summed E-state index contributed by atoms with van der Waals surface area (Å²) in [6.45, 7) is 3.58. The molecule has 0 atom stereocenters. The molecule has 0 aromatic heterocycles. The minimum Gasteiger partial charge on any atom is -0.299 e. The van der Waals surface area contributed by atoms with Crippen LogP contribution in [0.5, 0.6) is 0 Å². The van der Waals surface area contributed by atoms with Gasteiger partial charge in [0, 0.05) is 18.8 Å². The van der Waals surface area contributed by atoms with E-state index in [1.807, 2.05) is 0 Å². The Kier molecular flexibility index (Phi) is 5.17. The third-order valence-electron chi connectivity index (χ3n) is 1.56. The van der Waals surface area contributed by atoms with E-state index in [9.17, 15) is 14.4 Å². The van der Waals surface area contributed by atoms with E-state index in [0.29, 0.717) is 0 Å². The summed E-state index contributed by atoms with van der Waals surface area (Å²) in [5.41, 5.74) is 0. The van der Waals surface area contributed by atoms with Gasteiger partial charge in [-0.2, -0.15) is 0 Å². The van der Waals surface area contributed by atoms with Crippen LogP contribution < -0.4 is 0 Å². The minimum atomic E-state index is -0.209. The highest BCUT2D eigenvalue weighted by Crippen LogP contribution is 2.02. The van der Waals surface area contributed by atoms with E-state index in [1.165, 1.54) is 6.29 Å². The molecule has 1 radical (unpaired) electrons. The zero-order valence-electron chi connectivity index (χ0n) is 7.42. The van der Waals surface area contributed by atoms with Crippen molar-refractivity contribution in [3.63, 3.8) is 0 Å². The molecule has 0 saturated heterocycles. The number of Topliss-reactive ketones (excluding diaryl/α,β-unsaturated/α-hetero) is 2. The number of rotatable bonds is 6. The summed E-state index contributed by atoms with van der Waals surface area (Å²) in [5.74, 6) is -0.175. The van der Waals surface area contributed by atoms with E-state index in [-0.39, 0.29) is 36.7 Å². The molecule has 67 valence electrons. The molecular formula is C9H13O3. The van der Waals surface area contributed by atoms with Crippen LogP contribution in [0.4, 0.5) is 0 Å². The van der Waals surface area contributed by atoms with E-state index < -0.39 is 0 Å². The lowest BCUT2D eigenvalue weighted by molar-refractivity contribution is -0.125. The van der Waals surface area contributed by atoms with Crippen LogP contribution >= 0.6 is 0 Å². The first-order chi connectivity index (χ1) is 5.57. The summed E-state index contributed by atoms with van der Waals surface area (Å²) in [6, 6.07) is 0. The second kappa shape index (κ2) is 5.63. The predicted octanol–water partition coefficient (Wildman–Crippen LogP) is 1.06. The van der Waals surface area contributed by atoms with Crippen LogP contribution in [0.2, 0.25) is 0 Å². The summed E-state index contributed by atoms with van der Waals surface area (Å²) < 4.78 is 0. The topological polar surface area (TPSA) is 51.2 Å². The van der Waals surface area contributed by atoms with E-state index in [1.54, 1.807) is 13.8 Å². The highest BCUT2D eigenvalue weighted by atomic mass is 16.1. The van der Waals surface area contributed by atoms with Crippen molar-refractivity contribution in [3.8, 4) is 0 Å². The molecule has 0 N–H and O–H groups in total. The van der Waals surface area contributed by atoms with E-state index in [0.717, 1.165) is 0 Å². The van der Waals surface area contributed by atoms with Crippen molar-refractivity contribution in [2.75, 3.05) is 0 Å². The van der Waals surface area contributed by atoms with Crippen LogP contribution in [0.25, 0.3) is 0 Å². The van der Waals surface area contributed by atoms with Crippen molar-refractivity contribution >= 4 is 17.9 Å². The van der Waals surface area contributed by atoms with Crippen molar-refractivity contribution in [1.82, 2.24) is 0 Å². The standard InChI is InChI=1S/C9H13O3/c1-7(2)9(12)4-3-8(11)5-6-10/h7H,3-5H2,1-2H3. The van der Waals surface area contributed by atoms with Crippen LogP contribution in [0, 0.1) is 5.92 Å². The van der Waals surface area contributed by atoms with Gasteiger partial charge in [0.2, 0.25) is 6.29 Å². The van der Waals surface area contributed by atoms with E-state index in [2.05, 4.69) is 0 Å². The molecule has 0 saturated carbocycles. The Balaban J connectivity index is 3.61. The lowest BCUT2D eigenvalue weighted by atomic mass is 10.0.